The predicted octanol–water partition coefficient (Wildman–Crippen LogP) is 1.52. The van der Waals surface area contributed by atoms with Gasteiger partial charge in [-0.2, -0.15) is 0 Å². The van der Waals surface area contributed by atoms with Crippen LogP contribution in [-0.4, -0.2) is 50.7 Å². The minimum absolute atomic E-state index is 0. The van der Waals surface area contributed by atoms with Crippen molar-refractivity contribution < 1.29 is 9.53 Å². The Morgan fingerprint density at radius 1 is 1.24 bits per heavy atom. The number of hydrogen-bond donors (Lipinski definition) is 2. The molecule has 120 valence electrons. The maximum Gasteiger partial charge on any atom is 0.238 e. The molecule has 2 N–H and O–H groups in total. The molecule has 0 saturated carbocycles. The van der Waals surface area contributed by atoms with Gasteiger partial charge in [0.1, 0.15) is 0 Å². The fourth-order valence-electron chi connectivity index (χ4n) is 2.14. The van der Waals surface area contributed by atoms with Crippen molar-refractivity contribution in [3.05, 3.63) is 29.8 Å². The van der Waals surface area contributed by atoms with Crippen molar-refractivity contribution in [2.75, 3.05) is 45.2 Å². The van der Waals surface area contributed by atoms with Gasteiger partial charge in [0.15, 0.2) is 0 Å². The molecule has 1 aromatic rings. The van der Waals surface area contributed by atoms with Crippen molar-refractivity contribution in [2.45, 2.75) is 6.54 Å². The topological polar surface area (TPSA) is 53.6 Å². The summed E-state index contributed by atoms with van der Waals surface area (Å²) in [5.41, 5.74) is 2.04. The summed E-state index contributed by atoms with van der Waals surface area (Å²) in [5.74, 6) is -0.0167. The number of likely N-dealkylation sites (N-methyl/N-ethyl adjacent to an activating group) is 1. The number of hydrogen-bond acceptors (Lipinski definition) is 4. The number of rotatable bonds is 5. The summed E-state index contributed by atoms with van der Waals surface area (Å²) in [6.45, 7) is 4.63. The molecule has 1 aromatic carbocycles. The highest BCUT2D eigenvalue weighted by molar-refractivity contribution is 5.92. The zero-order valence-electron chi connectivity index (χ0n) is 12.1. The fourth-order valence-corrected chi connectivity index (χ4v) is 2.14. The standard InChI is InChI=1S/C14H21N3O2.2ClH/c1-15-10-14(18)16-13-5-3-2-4-12(13)11-17-6-8-19-9-7-17;;/h2-5,15H,6-11H2,1H3,(H,16,18);2*1H. The molecule has 21 heavy (non-hydrogen) atoms. The number of benzene rings is 1. The van der Waals surface area contributed by atoms with E-state index in [1.54, 1.807) is 7.05 Å². The molecule has 1 amide bonds. The van der Waals surface area contributed by atoms with Gasteiger partial charge in [-0.25, -0.2) is 0 Å². The van der Waals surface area contributed by atoms with Crippen LogP contribution in [0.2, 0.25) is 0 Å². The molecule has 7 heteroatoms. The van der Waals surface area contributed by atoms with Crippen LogP contribution < -0.4 is 10.6 Å². The second-order valence-corrected chi connectivity index (χ2v) is 4.62. The van der Waals surface area contributed by atoms with Gasteiger partial charge in [-0.1, -0.05) is 18.2 Å². The second kappa shape index (κ2) is 10.8. The first-order chi connectivity index (χ1) is 9.29. The Balaban J connectivity index is 0.00000200. The third-order valence-corrected chi connectivity index (χ3v) is 3.13. The Bertz CT molecular complexity index is 426. The maximum atomic E-state index is 11.6. The van der Waals surface area contributed by atoms with E-state index < -0.39 is 0 Å². The quantitative estimate of drug-likeness (QED) is 0.856. The number of ether oxygens (including phenoxy) is 1. The SMILES string of the molecule is CNCC(=O)Nc1ccccc1CN1CCOCC1.Cl.Cl. The van der Waals surface area contributed by atoms with Crippen LogP contribution in [0.5, 0.6) is 0 Å². The van der Waals surface area contributed by atoms with Crippen LogP contribution in [0.15, 0.2) is 24.3 Å². The molecule has 0 aliphatic carbocycles. The maximum absolute atomic E-state index is 11.6. The Hall–Kier alpha value is -0.850. The van der Waals surface area contributed by atoms with Gasteiger partial charge in [0, 0.05) is 25.3 Å². The zero-order chi connectivity index (χ0) is 13.5. The molecule has 1 fully saturated rings. The first kappa shape index (κ1) is 20.1. The van der Waals surface area contributed by atoms with Crippen LogP contribution in [0.4, 0.5) is 5.69 Å². The van der Waals surface area contributed by atoms with E-state index in [-0.39, 0.29) is 30.7 Å². The highest BCUT2D eigenvalue weighted by Crippen LogP contribution is 2.17. The number of amides is 1. The van der Waals surface area contributed by atoms with Crippen molar-refractivity contribution in [1.29, 1.82) is 0 Å². The number of nitrogens with one attached hydrogen (secondary N) is 2. The molecule has 0 atom stereocenters. The lowest BCUT2D eigenvalue weighted by atomic mass is 10.1. The molecule has 0 unspecified atom stereocenters. The van der Waals surface area contributed by atoms with E-state index in [2.05, 4.69) is 21.6 Å². The largest absolute Gasteiger partial charge is 0.379 e. The van der Waals surface area contributed by atoms with Crippen molar-refractivity contribution in [3.8, 4) is 0 Å². The third kappa shape index (κ3) is 6.63. The van der Waals surface area contributed by atoms with Crippen molar-refractivity contribution in [2.24, 2.45) is 0 Å². The first-order valence-electron chi connectivity index (χ1n) is 6.62. The number of halogens is 2. The molecule has 1 aliphatic heterocycles. The molecule has 0 spiro atoms. The van der Waals surface area contributed by atoms with Gasteiger partial charge in [0.2, 0.25) is 5.91 Å². The number of carbonyl (C=O) groups excluding carboxylic acids is 1. The van der Waals surface area contributed by atoms with E-state index in [4.69, 9.17) is 4.74 Å². The summed E-state index contributed by atoms with van der Waals surface area (Å²) in [5, 5.41) is 5.79. The monoisotopic (exact) mass is 335 g/mol. The summed E-state index contributed by atoms with van der Waals surface area (Å²) < 4.78 is 5.34. The van der Waals surface area contributed by atoms with Gasteiger partial charge >= 0.3 is 0 Å². The molecule has 1 saturated heterocycles. The smallest absolute Gasteiger partial charge is 0.238 e. The molecule has 2 rings (SSSR count). The van der Waals surface area contributed by atoms with Gasteiger partial charge < -0.3 is 15.4 Å². The van der Waals surface area contributed by atoms with E-state index in [9.17, 15) is 4.79 Å². The number of nitrogens with zero attached hydrogens (tertiary/aromatic N) is 1. The number of carbonyl (C=O) groups is 1. The lowest BCUT2D eigenvalue weighted by molar-refractivity contribution is -0.115. The Labute approximate surface area is 138 Å². The van der Waals surface area contributed by atoms with Crippen LogP contribution in [0.25, 0.3) is 0 Å². The van der Waals surface area contributed by atoms with Crippen molar-refractivity contribution >= 4 is 36.4 Å². The van der Waals surface area contributed by atoms with Gasteiger partial charge in [0.25, 0.3) is 0 Å². The van der Waals surface area contributed by atoms with Crippen LogP contribution >= 0.6 is 24.8 Å². The van der Waals surface area contributed by atoms with E-state index in [0.717, 1.165) is 44.1 Å². The molecule has 5 nitrogen and oxygen atoms in total. The Kier molecular flexibility index (Phi) is 10.4. The molecular weight excluding hydrogens is 313 g/mol. The number of para-hydroxylation sites is 1. The summed E-state index contributed by atoms with van der Waals surface area (Å²) in [7, 11) is 1.76. The molecule has 1 heterocycles. The average Bonchev–Trinajstić information content (AvgIpc) is 2.42. The van der Waals surface area contributed by atoms with Crippen molar-refractivity contribution in [1.82, 2.24) is 10.2 Å². The van der Waals surface area contributed by atoms with Gasteiger partial charge in [-0.05, 0) is 18.7 Å². The minimum Gasteiger partial charge on any atom is -0.379 e. The van der Waals surface area contributed by atoms with Gasteiger partial charge in [-0.3, -0.25) is 9.69 Å². The molecule has 1 aliphatic rings. The lowest BCUT2D eigenvalue weighted by Crippen LogP contribution is -2.36. The normalized spacial score (nSPS) is 14.7. The number of morpholine rings is 1. The van der Waals surface area contributed by atoms with Gasteiger partial charge in [0.05, 0.1) is 19.8 Å². The lowest BCUT2D eigenvalue weighted by Gasteiger charge is -2.27. The first-order valence-corrected chi connectivity index (χ1v) is 6.62. The van der Waals surface area contributed by atoms with Crippen LogP contribution in [-0.2, 0) is 16.1 Å². The number of anilines is 1. The summed E-state index contributed by atoms with van der Waals surface area (Å²) >= 11 is 0. The molecule has 0 radical (unpaired) electrons. The van der Waals surface area contributed by atoms with Gasteiger partial charge in [-0.15, -0.1) is 24.8 Å². The average molecular weight is 336 g/mol. The zero-order valence-corrected chi connectivity index (χ0v) is 13.8. The predicted molar refractivity (Wildman–Crippen MR) is 89.6 cm³/mol. The molecule has 0 aromatic heterocycles. The summed E-state index contributed by atoms with van der Waals surface area (Å²) in [6, 6.07) is 7.95. The highest BCUT2D eigenvalue weighted by Gasteiger charge is 2.13. The Morgan fingerprint density at radius 3 is 2.57 bits per heavy atom. The summed E-state index contributed by atoms with van der Waals surface area (Å²) in [4.78, 5) is 14.0. The molecular formula is C14H23Cl2N3O2. The third-order valence-electron chi connectivity index (χ3n) is 3.13. The van der Waals surface area contributed by atoms with E-state index in [1.807, 2.05) is 18.2 Å². The van der Waals surface area contributed by atoms with Crippen LogP contribution in [0.1, 0.15) is 5.56 Å². The Morgan fingerprint density at radius 2 is 1.90 bits per heavy atom. The van der Waals surface area contributed by atoms with E-state index in [0.29, 0.717) is 6.54 Å². The summed E-state index contributed by atoms with van der Waals surface area (Å²) in [6.07, 6.45) is 0. The van der Waals surface area contributed by atoms with Crippen LogP contribution in [0.3, 0.4) is 0 Å². The fraction of sp³-hybridized carbons (Fsp3) is 0.500. The van der Waals surface area contributed by atoms with Crippen molar-refractivity contribution in [3.63, 3.8) is 0 Å². The van der Waals surface area contributed by atoms with E-state index >= 15 is 0 Å². The van der Waals surface area contributed by atoms with Crippen LogP contribution in [0, 0.1) is 0 Å². The molecule has 0 bridgehead atoms. The second-order valence-electron chi connectivity index (χ2n) is 4.62. The van der Waals surface area contributed by atoms with E-state index in [1.165, 1.54) is 0 Å². The minimum atomic E-state index is -0.0167. The highest BCUT2D eigenvalue weighted by atomic mass is 35.5.